The molecule has 1 aliphatic rings. The molecular formula is C12H15BrClNO. The summed E-state index contributed by atoms with van der Waals surface area (Å²) in [5.74, 6) is 0. The minimum atomic E-state index is 0.392. The standard InChI is InChI=1S/C12H15BrClNO/c1-8-5-10(13)12(6-11(8)14)15-9-3-2-4-16-7-9/h5-6,9,15H,2-4,7H2,1H3. The van der Waals surface area contributed by atoms with Gasteiger partial charge in [-0.1, -0.05) is 11.6 Å². The van der Waals surface area contributed by atoms with Crippen molar-refractivity contribution in [1.29, 1.82) is 0 Å². The maximum Gasteiger partial charge on any atom is 0.0667 e. The zero-order valence-corrected chi connectivity index (χ0v) is 11.6. The molecule has 16 heavy (non-hydrogen) atoms. The van der Waals surface area contributed by atoms with E-state index in [1.54, 1.807) is 0 Å². The molecule has 2 rings (SSSR count). The van der Waals surface area contributed by atoms with E-state index in [0.717, 1.165) is 46.8 Å². The van der Waals surface area contributed by atoms with Gasteiger partial charge in [0, 0.05) is 22.1 Å². The SMILES string of the molecule is Cc1cc(Br)c(NC2CCCOC2)cc1Cl. The van der Waals surface area contributed by atoms with Gasteiger partial charge in [0.15, 0.2) is 0 Å². The summed E-state index contributed by atoms with van der Waals surface area (Å²) in [4.78, 5) is 0. The number of halogens is 2. The third kappa shape index (κ3) is 2.90. The number of aryl methyl sites for hydroxylation is 1. The van der Waals surface area contributed by atoms with Crippen molar-refractivity contribution in [3.63, 3.8) is 0 Å². The van der Waals surface area contributed by atoms with E-state index in [0.29, 0.717) is 6.04 Å². The van der Waals surface area contributed by atoms with E-state index >= 15 is 0 Å². The Labute approximate surface area is 109 Å². The molecule has 0 spiro atoms. The van der Waals surface area contributed by atoms with Crippen molar-refractivity contribution in [2.24, 2.45) is 0 Å². The summed E-state index contributed by atoms with van der Waals surface area (Å²) in [6.07, 6.45) is 2.27. The van der Waals surface area contributed by atoms with Crippen molar-refractivity contribution < 1.29 is 4.74 Å². The van der Waals surface area contributed by atoms with E-state index in [-0.39, 0.29) is 0 Å². The van der Waals surface area contributed by atoms with Crippen LogP contribution in [0.15, 0.2) is 16.6 Å². The van der Waals surface area contributed by atoms with Crippen molar-refractivity contribution in [1.82, 2.24) is 0 Å². The highest BCUT2D eigenvalue weighted by Crippen LogP contribution is 2.30. The number of rotatable bonds is 2. The summed E-state index contributed by atoms with van der Waals surface area (Å²) in [5.41, 5.74) is 2.13. The molecule has 1 aliphatic heterocycles. The normalized spacial score (nSPS) is 20.8. The van der Waals surface area contributed by atoms with Gasteiger partial charge < -0.3 is 10.1 Å². The highest BCUT2D eigenvalue weighted by atomic mass is 79.9. The fourth-order valence-corrected chi connectivity index (χ4v) is 2.57. The summed E-state index contributed by atoms with van der Waals surface area (Å²) < 4.78 is 6.49. The predicted octanol–water partition coefficient (Wildman–Crippen LogP) is 4.00. The van der Waals surface area contributed by atoms with Gasteiger partial charge in [-0.15, -0.1) is 0 Å². The highest BCUT2D eigenvalue weighted by molar-refractivity contribution is 9.10. The van der Waals surface area contributed by atoms with Crippen molar-refractivity contribution in [3.8, 4) is 0 Å². The fraction of sp³-hybridized carbons (Fsp3) is 0.500. The molecule has 0 saturated carbocycles. The molecule has 1 aromatic rings. The summed E-state index contributed by atoms with van der Waals surface area (Å²) in [6.45, 7) is 3.66. The monoisotopic (exact) mass is 303 g/mol. The third-order valence-electron chi connectivity index (χ3n) is 2.77. The van der Waals surface area contributed by atoms with Gasteiger partial charge in [-0.05, 0) is 53.4 Å². The van der Waals surface area contributed by atoms with Crippen molar-refractivity contribution in [2.75, 3.05) is 18.5 Å². The molecule has 0 amide bonds. The fourth-order valence-electron chi connectivity index (χ4n) is 1.83. The zero-order valence-electron chi connectivity index (χ0n) is 9.22. The first-order valence-corrected chi connectivity index (χ1v) is 6.64. The number of benzene rings is 1. The molecule has 0 radical (unpaired) electrons. The Morgan fingerprint density at radius 2 is 2.31 bits per heavy atom. The maximum atomic E-state index is 6.11. The molecule has 1 heterocycles. The lowest BCUT2D eigenvalue weighted by Gasteiger charge is -2.25. The lowest BCUT2D eigenvalue weighted by Crippen LogP contribution is -2.30. The number of anilines is 1. The Bertz CT molecular complexity index is 378. The summed E-state index contributed by atoms with van der Waals surface area (Å²) in [6, 6.07) is 4.40. The van der Waals surface area contributed by atoms with Gasteiger partial charge in [0.05, 0.1) is 12.3 Å². The molecule has 2 nitrogen and oxygen atoms in total. The molecular weight excluding hydrogens is 289 g/mol. The van der Waals surface area contributed by atoms with Crippen LogP contribution in [0.4, 0.5) is 5.69 Å². The van der Waals surface area contributed by atoms with Gasteiger partial charge >= 0.3 is 0 Å². The van der Waals surface area contributed by atoms with Crippen molar-refractivity contribution in [3.05, 3.63) is 27.2 Å². The van der Waals surface area contributed by atoms with Crippen LogP contribution in [0.1, 0.15) is 18.4 Å². The first-order chi connectivity index (χ1) is 7.66. The first-order valence-electron chi connectivity index (χ1n) is 5.47. The molecule has 88 valence electrons. The second kappa shape index (κ2) is 5.39. The highest BCUT2D eigenvalue weighted by Gasteiger charge is 2.15. The molecule has 1 N–H and O–H groups in total. The molecule has 0 bridgehead atoms. The topological polar surface area (TPSA) is 21.3 Å². The maximum absolute atomic E-state index is 6.11. The van der Waals surface area contributed by atoms with Crippen LogP contribution in [0.2, 0.25) is 5.02 Å². The lowest BCUT2D eigenvalue weighted by atomic mass is 10.1. The summed E-state index contributed by atoms with van der Waals surface area (Å²) >= 11 is 9.66. The molecule has 0 aromatic heterocycles. The Morgan fingerprint density at radius 3 is 3.00 bits per heavy atom. The average Bonchev–Trinajstić information content (AvgIpc) is 2.27. The van der Waals surface area contributed by atoms with Crippen LogP contribution in [-0.4, -0.2) is 19.3 Å². The van der Waals surface area contributed by atoms with Crippen LogP contribution in [0.5, 0.6) is 0 Å². The number of ether oxygens (including phenoxy) is 1. The smallest absolute Gasteiger partial charge is 0.0667 e. The van der Waals surface area contributed by atoms with E-state index in [1.165, 1.54) is 0 Å². The van der Waals surface area contributed by atoms with E-state index in [4.69, 9.17) is 16.3 Å². The van der Waals surface area contributed by atoms with Crippen molar-refractivity contribution in [2.45, 2.75) is 25.8 Å². The molecule has 1 saturated heterocycles. The van der Waals surface area contributed by atoms with Gasteiger partial charge in [0.1, 0.15) is 0 Å². The van der Waals surface area contributed by atoms with Gasteiger partial charge in [-0.3, -0.25) is 0 Å². The number of nitrogens with one attached hydrogen (secondary N) is 1. The van der Waals surface area contributed by atoms with Gasteiger partial charge in [-0.2, -0.15) is 0 Å². The molecule has 1 unspecified atom stereocenters. The van der Waals surface area contributed by atoms with Crippen LogP contribution in [0.3, 0.4) is 0 Å². The van der Waals surface area contributed by atoms with E-state index in [9.17, 15) is 0 Å². The van der Waals surface area contributed by atoms with Crippen LogP contribution < -0.4 is 5.32 Å². The molecule has 1 fully saturated rings. The van der Waals surface area contributed by atoms with Gasteiger partial charge in [0.25, 0.3) is 0 Å². The second-order valence-electron chi connectivity index (χ2n) is 4.14. The van der Waals surface area contributed by atoms with Crippen LogP contribution in [-0.2, 0) is 4.74 Å². The quantitative estimate of drug-likeness (QED) is 0.891. The van der Waals surface area contributed by atoms with Crippen molar-refractivity contribution >= 4 is 33.2 Å². The number of hydrogen-bond acceptors (Lipinski definition) is 2. The largest absolute Gasteiger partial charge is 0.379 e. The molecule has 1 atom stereocenters. The summed E-state index contributed by atoms with van der Waals surface area (Å²) in [7, 11) is 0. The Hall–Kier alpha value is -0.250. The second-order valence-corrected chi connectivity index (χ2v) is 5.40. The minimum Gasteiger partial charge on any atom is -0.379 e. The van der Waals surface area contributed by atoms with E-state index in [1.807, 2.05) is 19.1 Å². The average molecular weight is 305 g/mol. The zero-order chi connectivity index (χ0) is 11.5. The predicted molar refractivity (Wildman–Crippen MR) is 71.4 cm³/mol. The van der Waals surface area contributed by atoms with Crippen LogP contribution in [0.25, 0.3) is 0 Å². The molecule has 0 aliphatic carbocycles. The lowest BCUT2D eigenvalue weighted by molar-refractivity contribution is 0.0876. The van der Waals surface area contributed by atoms with E-state index in [2.05, 4.69) is 21.2 Å². The third-order valence-corrected chi connectivity index (χ3v) is 3.83. The van der Waals surface area contributed by atoms with Crippen LogP contribution in [0, 0.1) is 6.92 Å². The first kappa shape index (κ1) is 12.2. The Kier molecular flexibility index (Phi) is 4.11. The minimum absolute atomic E-state index is 0.392. The molecule has 4 heteroatoms. The van der Waals surface area contributed by atoms with Gasteiger partial charge in [-0.25, -0.2) is 0 Å². The molecule has 1 aromatic carbocycles. The van der Waals surface area contributed by atoms with Crippen LogP contribution >= 0.6 is 27.5 Å². The Balaban J connectivity index is 2.11. The van der Waals surface area contributed by atoms with E-state index < -0.39 is 0 Å². The Morgan fingerprint density at radius 1 is 1.50 bits per heavy atom. The van der Waals surface area contributed by atoms with Gasteiger partial charge in [0.2, 0.25) is 0 Å². The summed E-state index contributed by atoms with van der Waals surface area (Å²) in [5, 5.41) is 4.25. The number of hydrogen-bond donors (Lipinski definition) is 1.